The van der Waals surface area contributed by atoms with E-state index >= 15 is 0 Å². The summed E-state index contributed by atoms with van der Waals surface area (Å²) in [6.07, 6.45) is -4.69. The van der Waals surface area contributed by atoms with E-state index < -0.39 is 17.6 Å². The second-order valence-electron chi connectivity index (χ2n) is 5.53. The minimum Gasteiger partial charge on any atom is -0.383 e. The van der Waals surface area contributed by atoms with Crippen LogP contribution < -0.4 is 10.6 Å². The van der Waals surface area contributed by atoms with Gasteiger partial charge in [-0.25, -0.2) is 9.38 Å². The largest absolute Gasteiger partial charge is 0.416 e. The molecule has 6 nitrogen and oxygen atoms in total. The third-order valence-corrected chi connectivity index (χ3v) is 3.29. The van der Waals surface area contributed by atoms with Crippen LogP contribution in [0.2, 0.25) is 0 Å². The van der Waals surface area contributed by atoms with Gasteiger partial charge >= 0.3 is 6.18 Å². The van der Waals surface area contributed by atoms with Crippen LogP contribution in [0.15, 0.2) is 23.2 Å². The highest BCUT2D eigenvalue weighted by atomic mass is 127. The molecule has 27 heavy (non-hydrogen) atoms. The average molecular weight is 506 g/mol. The van der Waals surface area contributed by atoms with Gasteiger partial charge in [-0.2, -0.15) is 13.2 Å². The summed E-state index contributed by atoms with van der Waals surface area (Å²) in [5.41, 5.74) is -1.26. The number of rotatable bonds is 7. The van der Waals surface area contributed by atoms with Crippen LogP contribution >= 0.6 is 24.0 Å². The van der Waals surface area contributed by atoms with Crippen molar-refractivity contribution in [3.63, 3.8) is 0 Å². The molecule has 1 aromatic carbocycles. The summed E-state index contributed by atoms with van der Waals surface area (Å²) in [7, 11) is 4.65. The number of nitrogens with zero attached hydrogens (tertiary/aromatic N) is 2. The van der Waals surface area contributed by atoms with Gasteiger partial charge in [-0.15, -0.1) is 24.0 Å². The van der Waals surface area contributed by atoms with E-state index in [0.717, 1.165) is 12.1 Å². The van der Waals surface area contributed by atoms with E-state index in [-0.39, 0.29) is 54.5 Å². The highest BCUT2D eigenvalue weighted by molar-refractivity contribution is 14.0. The van der Waals surface area contributed by atoms with E-state index in [1.165, 1.54) is 12.0 Å². The minimum atomic E-state index is -4.69. The molecule has 0 saturated carbocycles. The molecular weight excluding hydrogens is 483 g/mol. The number of guanidine groups is 1. The van der Waals surface area contributed by atoms with Crippen LogP contribution in [0, 0.1) is 5.82 Å². The number of carbonyl (C=O) groups is 1. The quantitative estimate of drug-likeness (QED) is 0.196. The Kier molecular flexibility index (Phi) is 11.2. The normalized spacial score (nSPS) is 11.6. The Morgan fingerprint density at radius 1 is 1.26 bits per heavy atom. The van der Waals surface area contributed by atoms with Crippen molar-refractivity contribution in [1.29, 1.82) is 0 Å². The number of ether oxygens (including phenoxy) is 1. The molecule has 0 bridgehead atoms. The number of likely N-dealkylation sites (N-methyl/N-ethyl adjacent to an activating group) is 1. The van der Waals surface area contributed by atoms with Crippen molar-refractivity contribution in [2.24, 2.45) is 4.99 Å². The van der Waals surface area contributed by atoms with E-state index in [1.54, 1.807) is 14.1 Å². The number of amides is 1. The molecule has 0 aliphatic rings. The van der Waals surface area contributed by atoms with Crippen molar-refractivity contribution in [2.75, 3.05) is 40.9 Å². The predicted molar refractivity (Wildman–Crippen MR) is 105 cm³/mol. The molecule has 0 aliphatic heterocycles. The number of alkyl halides is 3. The van der Waals surface area contributed by atoms with Crippen molar-refractivity contribution in [3.8, 4) is 0 Å². The maximum atomic E-state index is 13.2. The molecule has 154 valence electrons. The zero-order valence-corrected chi connectivity index (χ0v) is 17.5. The lowest BCUT2D eigenvalue weighted by molar-refractivity contribution is -0.138. The van der Waals surface area contributed by atoms with Crippen LogP contribution in [0.4, 0.5) is 17.6 Å². The van der Waals surface area contributed by atoms with Crippen LogP contribution in [0.1, 0.15) is 11.1 Å². The van der Waals surface area contributed by atoms with Crippen molar-refractivity contribution < 1.29 is 27.1 Å². The zero-order chi connectivity index (χ0) is 19.7. The minimum absolute atomic E-state index is 0. The smallest absolute Gasteiger partial charge is 0.383 e. The lowest BCUT2D eigenvalue weighted by Gasteiger charge is -2.16. The topological polar surface area (TPSA) is 66.0 Å². The Morgan fingerprint density at radius 3 is 2.48 bits per heavy atom. The van der Waals surface area contributed by atoms with Crippen LogP contribution in [0.5, 0.6) is 0 Å². The first kappa shape index (κ1) is 25.4. The number of carbonyl (C=O) groups excluding carboxylic acids is 1. The molecule has 0 fully saturated rings. The Hall–Kier alpha value is -1.63. The summed E-state index contributed by atoms with van der Waals surface area (Å²) in [4.78, 5) is 17.0. The van der Waals surface area contributed by atoms with Gasteiger partial charge in [0.1, 0.15) is 5.82 Å². The Balaban J connectivity index is 0.00000676. The number of aliphatic imine (C=N–C) groups is 1. The van der Waals surface area contributed by atoms with Gasteiger partial charge in [0.05, 0.1) is 25.3 Å². The van der Waals surface area contributed by atoms with Gasteiger partial charge < -0.3 is 20.3 Å². The Bertz CT molecular complexity index is 639. The number of benzene rings is 1. The van der Waals surface area contributed by atoms with Crippen LogP contribution in [0.25, 0.3) is 0 Å². The molecule has 0 heterocycles. The SMILES string of the molecule is COCCNC(=NCc1ccc(F)cc1C(F)(F)F)NCC(=O)N(C)C.I. The number of halogens is 5. The standard InChI is InChI=1S/C16H22F4N4O2.HI/c1-24(2)14(25)10-23-15(21-6-7-26-3)22-9-11-4-5-12(17)8-13(11)16(18,19)20;/h4-5,8H,6-7,9-10H2,1-3H3,(H2,21,22,23);1H. The van der Waals surface area contributed by atoms with Crippen molar-refractivity contribution in [3.05, 3.63) is 35.1 Å². The van der Waals surface area contributed by atoms with Gasteiger partial charge in [0, 0.05) is 27.7 Å². The van der Waals surface area contributed by atoms with Crippen LogP contribution in [0.3, 0.4) is 0 Å². The molecule has 0 radical (unpaired) electrons. The summed E-state index contributed by atoms with van der Waals surface area (Å²) in [6, 6.07) is 2.42. The van der Waals surface area contributed by atoms with Crippen LogP contribution in [-0.4, -0.2) is 57.7 Å². The summed E-state index contributed by atoms with van der Waals surface area (Å²) < 4.78 is 57.1. The third-order valence-electron chi connectivity index (χ3n) is 3.29. The van der Waals surface area contributed by atoms with Gasteiger partial charge in [-0.1, -0.05) is 6.07 Å². The third kappa shape index (κ3) is 9.22. The molecule has 1 rings (SSSR count). The second kappa shape index (κ2) is 12.0. The molecule has 11 heteroatoms. The highest BCUT2D eigenvalue weighted by Crippen LogP contribution is 2.32. The highest BCUT2D eigenvalue weighted by Gasteiger charge is 2.33. The van der Waals surface area contributed by atoms with Crippen molar-refractivity contribution in [1.82, 2.24) is 15.5 Å². The summed E-state index contributed by atoms with van der Waals surface area (Å²) >= 11 is 0. The summed E-state index contributed by atoms with van der Waals surface area (Å²) in [5.74, 6) is -1.06. The van der Waals surface area contributed by atoms with Gasteiger partial charge in [0.2, 0.25) is 5.91 Å². The Labute approximate surface area is 172 Å². The monoisotopic (exact) mass is 506 g/mol. The van der Waals surface area contributed by atoms with E-state index in [4.69, 9.17) is 4.74 Å². The van der Waals surface area contributed by atoms with E-state index in [1.807, 2.05) is 0 Å². The molecule has 0 unspecified atom stereocenters. The maximum absolute atomic E-state index is 13.2. The lowest BCUT2D eigenvalue weighted by atomic mass is 10.1. The fraction of sp³-hybridized carbons (Fsp3) is 0.500. The Morgan fingerprint density at radius 2 is 1.93 bits per heavy atom. The summed E-state index contributed by atoms with van der Waals surface area (Å²) in [6.45, 7) is 0.260. The summed E-state index contributed by atoms with van der Waals surface area (Å²) in [5, 5.41) is 5.58. The van der Waals surface area contributed by atoms with E-state index in [2.05, 4.69) is 15.6 Å². The molecule has 0 atom stereocenters. The van der Waals surface area contributed by atoms with E-state index in [0.29, 0.717) is 19.2 Å². The average Bonchev–Trinajstić information content (AvgIpc) is 2.56. The predicted octanol–water partition coefficient (Wildman–Crippen LogP) is 2.23. The number of hydrogen-bond acceptors (Lipinski definition) is 3. The number of hydrogen-bond donors (Lipinski definition) is 2. The fourth-order valence-electron chi connectivity index (χ4n) is 1.88. The molecule has 2 N–H and O–H groups in total. The van der Waals surface area contributed by atoms with Crippen molar-refractivity contribution >= 4 is 35.8 Å². The molecule has 0 spiro atoms. The van der Waals surface area contributed by atoms with Gasteiger partial charge in [-0.05, 0) is 17.7 Å². The first-order valence-electron chi connectivity index (χ1n) is 7.72. The molecule has 0 aliphatic carbocycles. The molecular formula is C16H23F4IN4O2. The van der Waals surface area contributed by atoms with Gasteiger partial charge in [-0.3, -0.25) is 4.79 Å². The number of methoxy groups -OCH3 is 1. The first-order chi connectivity index (χ1) is 12.1. The molecule has 0 saturated heterocycles. The first-order valence-corrected chi connectivity index (χ1v) is 7.72. The fourth-order valence-corrected chi connectivity index (χ4v) is 1.88. The van der Waals surface area contributed by atoms with Gasteiger partial charge in [0.25, 0.3) is 0 Å². The van der Waals surface area contributed by atoms with Crippen LogP contribution in [-0.2, 0) is 22.3 Å². The number of nitrogens with one attached hydrogen (secondary N) is 2. The molecule has 0 aromatic heterocycles. The zero-order valence-electron chi connectivity index (χ0n) is 15.2. The van der Waals surface area contributed by atoms with E-state index in [9.17, 15) is 22.4 Å². The second-order valence-corrected chi connectivity index (χ2v) is 5.53. The molecule has 1 aromatic rings. The van der Waals surface area contributed by atoms with Gasteiger partial charge in [0.15, 0.2) is 5.96 Å². The molecule has 1 amide bonds. The lowest BCUT2D eigenvalue weighted by Crippen LogP contribution is -2.43. The maximum Gasteiger partial charge on any atom is 0.416 e. The van der Waals surface area contributed by atoms with Crippen molar-refractivity contribution in [2.45, 2.75) is 12.7 Å².